The van der Waals surface area contributed by atoms with Crippen LogP contribution >= 0.6 is 0 Å². The molecule has 0 radical (unpaired) electrons. The Bertz CT molecular complexity index is 280. The summed E-state index contributed by atoms with van der Waals surface area (Å²) < 4.78 is 15.8. The highest BCUT2D eigenvalue weighted by Crippen LogP contribution is 2.31. The standard InChI is InChI=1S/C9H15NO5/c1-8(2)14-5-9(6(3-11)15-8)4-13-7(12)10-9/h6,11H,3-5H2,1-2H3,(H,10,12)/t6-,9+/m1/s1. The molecule has 6 heteroatoms. The molecule has 2 saturated heterocycles. The molecule has 2 aliphatic rings. The molecule has 2 aliphatic heterocycles. The average Bonchev–Trinajstić information content (AvgIpc) is 2.54. The first-order chi connectivity index (χ1) is 6.97. The van der Waals surface area contributed by atoms with Crippen molar-refractivity contribution in [3.63, 3.8) is 0 Å². The number of cyclic esters (lactones) is 1. The first kappa shape index (κ1) is 10.7. The van der Waals surface area contributed by atoms with E-state index in [-0.39, 0.29) is 19.8 Å². The van der Waals surface area contributed by atoms with Crippen LogP contribution < -0.4 is 5.32 Å². The number of aliphatic hydroxyl groups excluding tert-OH is 1. The minimum absolute atomic E-state index is 0.160. The largest absolute Gasteiger partial charge is 0.447 e. The van der Waals surface area contributed by atoms with Gasteiger partial charge < -0.3 is 24.6 Å². The fourth-order valence-corrected chi connectivity index (χ4v) is 1.82. The molecular weight excluding hydrogens is 202 g/mol. The molecule has 2 atom stereocenters. The molecule has 0 aromatic heterocycles. The highest BCUT2D eigenvalue weighted by molar-refractivity contribution is 5.71. The van der Waals surface area contributed by atoms with Crippen LogP contribution in [0.4, 0.5) is 4.79 Å². The van der Waals surface area contributed by atoms with Crippen LogP contribution in [0.2, 0.25) is 0 Å². The van der Waals surface area contributed by atoms with Gasteiger partial charge in [0.05, 0.1) is 13.2 Å². The molecule has 0 aromatic rings. The van der Waals surface area contributed by atoms with Gasteiger partial charge in [0.1, 0.15) is 18.2 Å². The minimum Gasteiger partial charge on any atom is -0.447 e. The van der Waals surface area contributed by atoms with Gasteiger partial charge in [-0.15, -0.1) is 0 Å². The van der Waals surface area contributed by atoms with Crippen LogP contribution in [0.15, 0.2) is 0 Å². The van der Waals surface area contributed by atoms with Crippen LogP contribution in [0.3, 0.4) is 0 Å². The van der Waals surface area contributed by atoms with Gasteiger partial charge in [-0.3, -0.25) is 0 Å². The highest BCUT2D eigenvalue weighted by atomic mass is 16.7. The van der Waals surface area contributed by atoms with E-state index in [2.05, 4.69) is 5.32 Å². The van der Waals surface area contributed by atoms with Crippen molar-refractivity contribution in [2.75, 3.05) is 19.8 Å². The maximum atomic E-state index is 11.0. The molecule has 1 amide bonds. The summed E-state index contributed by atoms with van der Waals surface area (Å²) >= 11 is 0. The van der Waals surface area contributed by atoms with E-state index in [0.29, 0.717) is 0 Å². The molecule has 2 heterocycles. The van der Waals surface area contributed by atoms with Crippen molar-refractivity contribution in [1.82, 2.24) is 5.32 Å². The molecule has 15 heavy (non-hydrogen) atoms. The number of amides is 1. The normalized spacial score (nSPS) is 38.9. The Labute approximate surface area is 87.5 Å². The maximum Gasteiger partial charge on any atom is 0.407 e. The molecule has 6 nitrogen and oxygen atoms in total. The molecule has 1 spiro atoms. The lowest BCUT2D eigenvalue weighted by Gasteiger charge is -2.45. The van der Waals surface area contributed by atoms with Crippen molar-refractivity contribution in [3.05, 3.63) is 0 Å². The first-order valence-electron chi connectivity index (χ1n) is 4.85. The van der Waals surface area contributed by atoms with Crippen LogP contribution in [-0.2, 0) is 14.2 Å². The molecule has 2 rings (SSSR count). The third-order valence-corrected chi connectivity index (χ3v) is 2.70. The summed E-state index contributed by atoms with van der Waals surface area (Å²) in [5, 5.41) is 11.9. The number of nitrogens with one attached hydrogen (secondary N) is 1. The zero-order chi connectivity index (χ0) is 11.1. The number of rotatable bonds is 1. The van der Waals surface area contributed by atoms with Gasteiger partial charge in [0.25, 0.3) is 0 Å². The van der Waals surface area contributed by atoms with Crippen LogP contribution in [-0.4, -0.2) is 48.5 Å². The lowest BCUT2D eigenvalue weighted by molar-refractivity contribution is -0.305. The van der Waals surface area contributed by atoms with E-state index in [0.717, 1.165) is 0 Å². The molecule has 0 bridgehead atoms. The number of aliphatic hydroxyl groups is 1. The van der Waals surface area contributed by atoms with Crippen molar-refractivity contribution in [2.45, 2.75) is 31.3 Å². The molecule has 2 N–H and O–H groups in total. The van der Waals surface area contributed by atoms with Crippen molar-refractivity contribution >= 4 is 6.09 Å². The van der Waals surface area contributed by atoms with E-state index >= 15 is 0 Å². The van der Waals surface area contributed by atoms with E-state index in [1.807, 2.05) is 0 Å². The van der Waals surface area contributed by atoms with Crippen molar-refractivity contribution < 1.29 is 24.1 Å². The Morgan fingerprint density at radius 1 is 1.53 bits per heavy atom. The van der Waals surface area contributed by atoms with Crippen molar-refractivity contribution in [2.24, 2.45) is 0 Å². The summed E-state index contributed by atoms with van der Waals surface area (Å²) in [7, 11) is 0. The molecule has 86 valence electrons. The molecule has 0 aliphatic carbocycles. The Balaban J connectivity index is 2.16. The molecular formula is C9H15NO5. The van der Waals surface area contributed by atoms with Gasteiger partial charge in [0.15, 0.2) is 5.79 Å². The molecule has 0 unspecified atom stereocenters. The lowest BCUT2D eigenvalue weighted by Crippen LogP contribution is -2.65. The molecule has 0 saturated carbocycles. The van der Waals surface area contributed by atoms with E-state index in [1.165, 1.54) is 0 Å². The van der Waals surface area contributed by atoms with E-state index < -0.39 is 23.5 Å². The quantitative estimate of drug-likeness (QED) is 0.625. The fourth-order valence-electron chi connectivity index (χ4n) is 1.82. The summed E-state index contributed by atoms with van der Waals surface area (Å²) in [5.41, 5.74) is -0.749. The van der Waals surface area contributed by atoms with Gasteiger partial charge in [-0.25, -0.2) is 4.79 Å². The van der Waals surface area contributed by atoms with Gasteiger partial charge >= 0.3 is 6.09 Å². The second-order valence-electron chi connectivity index (χ2n) is 4.33. The second-order valence-corrected chi connectivity index (χ2v) is 4.33. The SMILES string of the molecule is CC1(C)OC[C@@]2(COC(=O)N2)[C@@H](CO)O1. The van der Waals surface area contributed by atoms with Gasteiger partial charge in [0, 0.05) is 0 Å². The van der Waals surface area contributed by atoms with Crippen molar-refractivity contribution in [3.8, 4) is 0 Å². The summed E-state index contributed by atoms with van der Waals surface area (Å²) in [6.07, 6.45) is -1.01. The number of hydrogen-bond donors (Lipinski definition) is 2. The van der Waals surface area contributed by atoms with Gasteiger partial charge in [-0.05, 0) is 13.8 Å². The van der Waals surface area contributed by atoms with E-state index in [4.69, 9.17) is 14.2 Å². The fraction of sp³-hybridized carbons (Fsp3) is 0.889. The Morgan fingerprint density at radius 3 is 2.80 bits per heavy atom. The predicted octanol–water partition coefficient (Wildman–Crippen LogP) is -0.391. The zero-order valence-corrected chi connectivity index (χ0v) is 8.78. The Hall–Kier alpha value is -0.850. The summed E-state index contributed by atoms with van der Waals surface area (Å²) in [6.45, 7) is 3.78. The van der Waals surface area contributed by atoms with Gasteiger partial charge in [-0.1, -0.05) is 0 Å². The lowest BCUT2D eigenvalue weighted by atomic mass is 9.93. The predicted molar refractivity (Wildman–Crippen MR) is 49.2 cm³/mol. The monoisotopic (exact) mass is 217 g/mol. The maximum absolute atomic E-state index is 11.0. The van der Waals surface area contributed by atoms with Crippen LogP contribution in [0.5, 0.6) is 0 Å². The first-order valence-corrected chi connectivity index (χ1v) is 4.85. The van der Waals surface area contributed by atoms with E-state index in [9.17, 15) is 9.90 Å². The third kappa shape index (κ3) is 1.80. The molecule has 2 fully saturated rings. The number of alkyl carbamates (subject to hydrolysis) is 1. The zero-order valence-electron chi connectivity index (χ0n) is 8.78. The van der Waals surface area contributed by atoms with Crippen LogP contribution in [0.25, 0.3) is 0 Å². The summed E-state index contributed by atoms with van der Waals surface area (Å²) in [5.74, 6) is -0.744. The number of ether oxygens (including phenoxy) is 3. The summed E-state index contributed by atoms with van der Waals surface area (Å²) in [6, 6.07) is 0. The van der Waals surface area contributed by atoms with Crippen LogP contribution in [0, 0.1) is 0 Å². The third-order valence-electron chi connectivity index (χ3n) is 2.70. The summed E-state index contributed by atoms with van der Waals surface area (Å²) in [4.78, 5) is 11.0. The Morgan fingerprint density at radius 2 is 2.27 bits per heavy atom. The Kier molecular flexibility index (Phi) is 2.37. The topological polar surface area (TPSA) is 77.0 Å². The van der Waals surface area contributed by atoms with E-state index in [1.54, 1.807) is 13.8 Å². The number of hydrogen-bond acceptors (Lipinski definition) is 5. The van der Waals surface area contributed by atoms with Gasteiger partial charge in [0.2, 0.25) is 0 Å². The number of carbonyl (C=O) groups excluding carboxylic acids is 1. The van der Waals surface area contributed by atoms with Crippen molar-refractivity contribution in [1.29, 1.82) is 0 Å². The number of carbonyl (C=O) groups is 1. The molecule has 0 aromatic carbocycles. The minimum atomic E-state index is -0.749. The van der Waals surface area contributed by atoms with Crippen LogP contribution in [0.1, 0.15) is 13.8 Å². The van der Waals surface area contributed by atoms with Gasteiger partial charge in [-0.2, -0.15) is 0 Å². The highest BCUT2D eigenvalue weighted by Gasteiger charge is 2.53. The average molecular weight is 217 g/mol. The smallest absolute Gasteiger partial charge is 0.407 e. The second kappa shape index (κ2) is 3.33.